The van der Waals surface area contributed by atoms with Crippen molar-refractivity contribution in [1.29, 1.82) is 0 Å². The van der Waals surface area contributed by atoms with Crippen LogP contribution in [0.2, 0.25) is 0 Å². The Hall–Kier alpha value is -1.70. The third kappa shape index (κ3) is 2.16. The van der Waals surface area contributed by atoms with E-state index in [9.17, 15) is 4.39 Å². The zero-order valence-corrected chi connectivity index (χ0v) is 7.52. The molecule has 1 aromatic carbocycles. The van der Waals surface area contributed by atoms with Crippen LogP contribution < -0.4 is 0 Å². The smallest absolute Gasteiger partial charge is 0.123 e. The third-order valence-electron chi connectivity index (χ3n) is 1.87. The highest BCUT2D eigenvalue weighted by atomic mass is 19.1. The van der Waals surface area contributed by atoms with Gasteiger partial charge in [-0.25, -0.2) is 4.39 Å². The summed E-state index contributed by atoms with van der Waals surface area (Å²) in [6.07, 6.45) is 3.63. The standard InChI is InChI=1S/C12H9FN/c13-11-6-4-10(5-7-11)9-12-3-1-2-8-14-12/h1-9H. The van der Waals surface area contributed by atoms with Gasteiger partial charge in [0.15, 0.2) is 0 Å². The first-order valence-corrected chi connectivity index (χ1v) is 4.36. The highest BCUT2D eigenvalue weighted by Crippen LogP contribution is 2.09. The van der Waals surface area contributed by atoms with Crippen molar-refractivity contribution >= 4 is 0 Å². The summed E-state index contributed by atoms with van der Waals surface area (Å²) in [6.45, 7) is 0. The van der Waals surface area contributed by atoms with E-state index in [1.807, 2.05) is 24.6 Å². The molecule has 1 radical (unpaired) electrons. The molecule has 2 aromatic rings. The number of benzene rings is 1. The summed E-state index contributed by atoms with van der Waals surface area (Å²) in [7, 11) is 0. The molecule has 69 valence electrons. The second kappa shape index (κ2) is 4.01. The molecule has 0 N–H and O–H groups in total. The van der Waals surface area contributed by atoms with Crippen LogP contribution in [0.4, 0.5) is 4.39 Å². The van der Waals surface area contributed by atoms with Gasteiger partial charge in [0, 0.05) is 18.3 Å². The van der Waals surface area contributed by atoms with E-state index in [-0.39, 0.29) is 5.82 Å². The van der Waals surface area contributed by atoms with E-state index in [4.69, 9.17) is 0 Å². The van der Waals surface area contributed by atoms with Gasteiger partial charge in [-0.15, -0.1) is 0 Å². The molecule has 2 rings (SSSR count). The number of pyridine rings is 1. The van der Waals surface area contributed by atoms with Crippen LogP contribution in [-0.4, -0.2) is 4.98 Å². The summed E-state index contributed by atoms with van der Waals surface area (Å²) in [5.74, 6) is -0.219. The van der Waals surface area contributed by atoms with E-state index in [0.29, 0.717) is 0 Å². The summed E-state index contributed by atoms with van der Waals surface area (Å²) < 4.78 is 12.6. The molecule has 1 nitrogen and oxygen atoms in total. The summed E-state index contributed by atoms with van der Waals surface area (Å²) in [6, 6.07) is 12.0. The molecule has 14 heavy (non-hydrogen) atoms. The Bertz CT molecular complexity index is 394. The SMILES string of the molecule is Fc1ccc([CH]c2ccccn2)cc1. The van der Waals surface area contributed by atoms with E-state index >= 15 is 0 Å². The van der Waals surface area contributed by atoms with Gasteiger partial charge in [0.2, 0.25) is 0 Å². The molecule has 2 heteroatoms. The fraction of sp³-hybridized carbons (Fsp3) is 0. The fourth-order valence-electron chi connectivity index (χ4n) is 1.19. The molecule has 0 aliphatic heterocycles. The van der Waals surface area contributed by atoms with Gasteiger partial charge < -0.3 is 0 Å². The highest BCUT2D eigenvalue weighted by Gasteiger charge is 1.97. The average molecular weight is 186 g/mol. The third-order valence-corrected chi connectivity index (χ3v) is 1.87. The molecular weight excluding hydrogens is 177 g/mol. The van der Waals surface area contributed by atoms with Crippen molar-refractivity contribution in [2.45, 2.75) is 0 Å². The average Bonchev–Trinajstić information content (AvgIpc) is 2.23. The van der Waals surface area contributed by atoms with E-state index in [2.05, 4.69) is 4.98 Å². The summed E-state index contributed by atoms with van der Waals surface area (Å²) in [4.78, 5) is 4.15. The number of halogens is 1. The topological polar surface area (TPSA) is 12.9 Å². The summed E-state index contributed by atoms with van der Waals surface area (Å²) >= 11 is 0. The van der Waals surface area contributed by atoms with Crippen LogP contribution in [0.25, 0.3) is 0 Å². The first-order valence-electron chi connectivity index (χ1n) is 4.36. The zero-order valence-electron chi connectivity index (χ0n) is 7.52. The Morgan fingerprint density at radius 3 is 2.43 bits per heavy atom. The lowest BCUT2D eigenvalue weighted by molar-refractivity contribution is 0.627. The van der Waals surface area contributed by atoms with Crippen molar-refractivity contribution < 1.29 is 4.39 Å². The van der Waals surface area contributed by atoms with E-state index in [1.54, 1.807) is 18.3 Å². The van der Waals surface area contributed by atoms with Gasteiger partial charge in [-0.2, -0.15) is 0 Å². The number of hydrogen-bond donors (Lipinski definition) is 0. The minimum Gasteiger partial charge on any atom is -0.261 e. The van der Waals surface area contributed by atoms with Crippen LogP contribution in [0.1, 0.15) is 11.3 Å². The molecule has 0 saturated heterocycles. The first-order chi connectivity index (χ1) is 6.84. The number of hydrogen-bond acceptors (Lipinski definition) is 1. The van der Waals surface area contributed by atoms with Crippen molar-refractivity contribution in [2.24, 2.45) is 0 Å². The molecule has 1 heterocycles. The van der Waals surface area contributed by atoms with Gasteiger partial charge in [0.25, 0.3) is 0 Å². The number of rotatable bonds is 2. The largest absolute Gasteiger partial charge is 0.261 e. The Morgan fingerprint density at radius 1 is 1.00 bits per heavy atom. The lowest BCUT2D eigenvalue weighted by Crippen LogP contribution is -1.88. The maximum absolute atomic E-state index is 12.6. The van der Waals surface area contributed by atoms with Crippen LogP contribution in [0.15, 0.2) is 48.7 Å². The number of aromatic nitrogens is 1. The van der Waals surface area contributed by atoms with Crippen LogP contribution in [0.5, 0.6) is 0 Å². The van der Waals surface area contributed by atoms with Crippen LogP contribution in [0, 0.1) is 12.2 Å². The fourth-order valence-corrected chi connectivity index (χ4v) is 1.19. The maximum Gasteiger partial charge on any atom is 0.123 e. The van der Waals surface area contributed by atoms with Crippen molar-refractivity contribution in [3.8, 4) is 0 Å². The second-order valence-corrected chi connectivity index (χ2v) is 2.95. The second-order valence-electron chi connectivity index (χ2n) is 2.95. The number of nitrogens with zero attached hydrogens (tertiary/aromatic N) is 1. The lowest BCUT2D eigenvalue weighted by atomic mass is 10.1. The van der Waals surface area contributed by atoms with Crippen molar-refractivity contribution in [3.63, 3.8) is 0 Å². The molecule has 1 aromatic heterocycles. The monoisotopic (exact) mass is 186 g/mol. The van der Waals surface area contributed by atoms with Gasteiger partial charge in [0.05, 0.1) is 0 Å². The van der Waals surface area contributed by atoms with E-state index in [0.717, 1.165) is 11.3 Å². The predicted octanol–water partition coefficient (Wildman–Crippen LogP) is 2.82. The molecule has 0 fully saturated rings. The molecule has 0 aliphatic rings. The minimum atomic E-state index is -0.219. The molecular formula is C12H9FN. The van der Waals surface area contributed by atoms with Crippen LogP contribution in [-0.2, 0) is 0 Å². The molecule has 0 atom stereocenters. The van der Waals surface area contributed by atoms with Crippen LogP contribution >= 0.6 is 0 Å². The van der Waals surface area contributed by atoms with Gasteiger partial charge in [-0.05, 0) is 29.8 Å². The lowest BCUT2D eigenvalue weighted by Gasteiger charge is -1.99. The Kier molecular flexibility index (Phi) is 2.54. The Morgan fingerprint density at radius 2 is 1.79 bits per heavy atom. The maximum atomic E-state index is 12.6. The van der Waals surface area contributed by atoms with Crippen molar-refractivity contribution in [1.82, 2.24) is 4.98 Å². The molecule has 0 bridgehead atoms. The van der Waals surface area contributed by atoms with Crippen LogP contribution in [0.3, 0.4) is 0 Å². The summed E-state index contributed by atoms with van der Waals surface area (Å²) in [5.41, 5.74) is 1.82. The molecule has 0 spiro atoms. The Balaban J connectivity index is 2.16. The zero-order chi connectivity index (χ0) is 9.80. The van der Waals surface area contributed by atoms with Gasteiger partial charge in [-0.1, -0.05) is 18.2 Å². The highest BCUT2D eigenvalue weighted by molar-refractivity contribution is 5.32. The van der Waals surface area contributed by atoms with Gasteiger partial charge >= 0.3 is 0 Å². The van der Waals surface area contributed by atoms with Gasteiger partial charge in [0.1, 0.15) is 5.82 Å². The summed E-state index contributed by atoms with van der Waals surface area (Å²) in [5, 5.41) is 0. The Labute approximate surface area is 82.2 Å². The van der Waals surface area contributed by atoms with Gasteiger partial charge in [-0.3, -0.25) is 4.98 Å². The first kappa shape index (κ1) is 8.88. The minimum absolute atomic E-state index is 0.219. The predicted molar refractivity (Wildman–Crippen MR) is 53.1 cm³/mol. The van der Waals surface area contributed by atoms with E-state index in [1.165, 1.54) is 12.1 Å². The van der Waals surface area contributed by atoms with Crippen molar-refractivity contribution in [2.75, 3.05) is 0 Å². The quantitative estimate of drug-likeness (QED) is 0.702. The molecule has 0 saturated carbocycles. The molecule has 0 unspecified atom stereocenters. The van der Waals surface area contributed by atoms with E-state index < -0.39 is 0 Å². The van der Waals surface area contributed by atoms with Crippen molar-refractivity contribution in [3.05, 3.63) is 72.2 Å². The molecule has 0 aliphatic carbocycles. The molecule has 0 amide bonds. The normalized spacial score (nSPS) is 10.1.